The topological polar surface area (TPSA) is 38.7 Å². The van der Waals surface area contributed by atoms with Gasteiger partial charge in [0.05, 0.1) is 25.2 Å². The zero-order valence-electron chi connectivity index (χ0n) is 11.5. The predicted molar refractivity (Wildman–Crippen MR) is 77.2 cm³/mol. The molecule has 3 rings (SSSR count). The minimum absolute atomic E-state index is 0.244. The van der Waals surface area contributed by atoms with Crippen LogP contribution in [0.15, 0.2) is 48.5 Å². The van der Waals surface area contributed by atoms with E-state index in [1.807, 2.05) is 42.5 Å². The third-order valence-electron chi connectivity index (χ3n) is 3.61. The molecule has 0 saturated carbocycles. The molecule has 3 heteroatoms. The van der Waals surface area contributed by atoms with Crippen LogP contribution in [0.25, 0.3) is 0 Å². The van der Waals surface area contributed by atoms with Crippen molar-refractivity contribution in [3.05, 3.63) is 59.7 Å². The molecule has 0 saturated heterocycles. The average Bonchev–Trinajstić information content (AvgIpc) is 2.88. The van der Waals surface area contributed by atoms with Crippen molar-refractivity contribution in [2.75, 3.05) is 13.2 Å². The summed E-state index contributed by atoms with van der Waals surface area (Å²) >= 11 is 0. The number of aliphatic hydroxyl groups excluding tert-OH is 1. The van der Waals surface area contributed by atoms with Gasteiger partial charge >= 0.3 is 0 Å². The minimum atomic E-state index is -0.529. The van der Waals surface area contributed by atoms with E-state index in [0.717, 1.165) is 17.1 Å². The van der Waals surface area contributed by atoms with Gasteiger partial charge in [0.2, 0.25) is 0 Å². The number of rotatable bonds is 4. The Morgan fingerprint density at radius 2 is 1.95 bits per heavy atom. The van der Waals surface area contributed by atoms with Gasteiger partial charge in [0.25, 0.3) is 0 Å². The number of benzene rings is 2. The lowest BCUT2D eigenvalue weighted by atomic mass is 10.0. The predicted octanol–water partition coefficient (Wildman–Crippen LogP) is 3.29. The highest BCUT2D eigenvalue weighted by atomic mass is 16.5. The Labute approximate surface area is 118 Å². The summed E-state index contributed by atoms with van der Waals surface area (Å²) < 4.78 is 11.5. The quantitative estimate of drug-likeness (QED) is 0.926. The Balaban J connectivity index is 1.72. The zero-order valence-corrected chi connectivity index (χ0v) is 11.5. The second kappa shape index (κ2) is 5.55. The average molecular weight is 270 g/mol. The smallest absolute Gasteiger partial charge is 0.125 e. The van der Waals surface area contributed by atoms with E-state index in [1.165, 1.54) is 5.56 Å². The molecule has 0 bridgehead atoms. The van der Waals surface area contributed by atoms with Crippen molar-refractivity contribution in [2.45, 2.75) is 18.9 Å². The normalized spacial score (nSPS) is 18.2. The third kappa shape index (κ3) is 2.49. The molecule has 2 aromatic rings. The fourth-order valence-electron chi connectivity index (χ4n) is 2.51. The summed E-state index contributed by atoms with van der Waals surface area (Å²) in [4.78, 5) is 0. The zero-order chi connectivity index (χ0) is 13.9. The maximum Gasteiger partial charge on any atom is 0.125 e. The summed E-state index contributed by atoms with van der Waals surface area (Å²) in [6.45, 7) is 2.95. The second-order valence-corrected chi connectivity index (χ2v) is 5.07. The van der Waals surface area contributed by atoms with Crippen molar-refractivity contribution in [3.63, 3.8) is 0 Å². The van der Waals surface area contributed by atoms with Gasteiger partial charge < -0.3 is 14.6 Å². The van der Waals surface area contributed by atoms with Crippen LogP contribution < -0.4 is 9.47 Å². The standard InChI is InChI=1S/C17H18O3/c1-12(18)14-6-2-4-8-16(14)19-10-13-11-20-17-9-5-3-7-15(13)17/h2-9,12-13,18H,10-11H2,1H3/t12-,13?/m0/s1. The van der Waals surface area contributed by atoms with Crippen molar-refractivity contribution < 1.29 is 14.6 Å². The van der Waals surface area contributed by atoms with Gasteiger partial charge in [0.1, 0.15) is 11.5 Å². The fourth-order valence-corrected chi connectivity index (χ4v) is 2.51. The van der Waals surface area contributed by atoms with Crippen LogP contribution in [-0.4, -0.2) is 18.3 Å². The molecule has 20 heavy (non-hydrogen) atoms. The molecule has 0 spiro atoms. The Bertz CT molecular complexity index is 592. The van der Waals surface area contributed by atoms with Gasteiger partial charge in [-0.3, -0.25) is 0 Å². The highest BCUT2D eigenvalue weighted by Gasteiger charge is 2.24. The molecule has 0 aromatic heterocycles. The first kappa shape index (κ1) is 13.0. The van der Waals surface area contributed by atoms with Gasteiger partial charge in [0, 0.05) is 11.1 Å². The molecule has 0 aliphatic carbocycles. The summed E-state index contributed by atoms with van der Waals surface area (Å²) in [7, 11) is 0. The number of aliphatic hydroxyl groups is 1. The Kier molecular flexibility index (Phi) is 3.61. The van der Waals surface area contributed by atoms with E-state index in [2.05, 4.69) is 6.07 Å². The van der Waals surface area contributed by atoms with Gasteiger partial charge in [-0.2, -0.15) is 0 Å². The van der Waals surface area contributed by atoms with E-state index in [4.69, 9.17) is 9.47 Å². The second-order valence-electron chi connectivity index (χ2n) is 5.07. The van der Waals surface area contributed by atoms with E-state index < -0.39 is 6.10 Å². The lowest BCUT2D eigenvalue weighted by Gasteiger charge is -2.15. The lowest BCUT2D eigenvalue weighted by molar-refractivity contribution is 0.187. The van der Waals surface area contributed by atoms with Gasteiger partial charge in [-0.1, -0.05) is 36.4 Å². The third-order valence-corrected chi connectivity index (χ3v) is 3.61. The Hall–Kier alpha value is -2.00. The first-order valence-electron chi connectivity index (χ1n) is 6.87. The number of para-hydroxylation sites is 2. The minimum Gasteiger partial charge on any atom is -0.493 e. The van der Waals surface area contributed by atoms with E-state index in [1.54, 1.807) is 6.92 Å². The van der Waals surface area contributed by atoms with Crippen LogP contribution in [0, 0.1) is 0 Å². The molecule has 1 aliphatic rings. The molecule has 3 nitrogen and oxygen atoms in total. The van der Waals surface area contributed by atoms with Gasteiger partial charge in [-0.25, -0.2) is 0 Å². The van der Waals surface area contributed by atoms with Crippen LogP contribution in [0.1, 0.15) is 30.1 Å². The molecule has 1 unspecified atom stereocenters. The summed E-state index contributed by atoms with van der Waals surface area (Å²) in [6, 6.07) is 15.7. The molecule has 104 valence electrons. The van der Waals surface area contributed by atoms with Crippen LogP contribution >= 0.6 is 0 Å². The monoisotopic (exact) mass is 270 g/mol. The Morgan fingerprint density at radius 1 is 1.20 bits per heavy atom. The maximum atomic E-state index is 9.75. The molecular weight excluding hydrogens is 252 g/mol. The Morgan fingerprint density at radius 3 is 2.80 bits per heavy atom. The van der Waals surface area contributed by atoms with Crippen LogP contribution in [0.3, 0.4) is 0 Å². The molecule has 2 aromatic carbocycles. The largest absolute Gasteiger partial charge is 0.493 e. The highest BCUT2D eigenvalue weighted by Crippen LogP contribution is 2.34. The van der Waals surface area contributed by atoms with E-state index >= 15 is 0 Å². The molecule has 2 atom stereocenters. The van der Waals surface area contributed by atoms with Gasteiger partial charge in [-0.15, -0.1) is 0 Å². The highest BCUT2D eigenvalue weighted by molar-refractivity contribution is 5.40. The van der Waals surface area contributed by atoms with E-state index in [-0.39, 0.29) is 5.92 Å². The van der Waals surface area contributed by atoms with Crippen LogP contribution in [-0.2, 0) is 0 Å². The van der Waals surface area contributed by atoms with Crippen molar-refractivity contribution >= 4 is 0 Å². The number of ether oxygens (including phenoxy) is 2. The maximum absolute atomic E-state index is 9.75. The molecule has 0 fully saturated rings. The van der Waals surface area contributed by atoms with E-state index in [9.17, 15) is 5.11 Å². The molecule has 0 amide bonds. The van der Waals surface area contributed by atoms with Crippen molar-refractivity contribution in [1.29, 1.82) is 0 Å². The summed E-state index contributed by atoms with van der Waals surface area (Å²) in [5.41, 5.74) is 2.02. The fraction of sp³-hybridized carbons (Fsp3) is 0.294. The molecule has 0 radical (unpaired) electrons. The first-order valence-corrected chi connectivity index (χ1v) is 6.87. The SMILES string of the molecule is C[C@H](O)c1ccccc1OCC1COc2ccccc21. The molecule has 1 aliphatic heterocycles. The van der Waals surface area contributed by atoms with Gasteiger partial charge in [-0.05, 0) is 19.1 Å². The molecular formula is C17H18O3. The number of fused-ring (bicyclic) bond motifs is 1. The molecule has 1 heterocycles. The summed E-state index contributed by atoms with van der Waals surface area (Å²) in [6.07, 6.45) is -0.529. The lowest BCUT2D eigenvalue weighted by Crippen LogP contribution is -2.12. The first-order chi connectivity index (χ1) is 9.75. The summed E-state index contributed by atoms with van der Waals surface area (Å²) in [5, 5.41) is 9.75. The van der Waals surface area contributed by atoms with Crippen LogP contribution in [0.4, 0.5) is 0 Å². The molecule has 1 N–H and O–H groups in total. The van der Waals surface area contributed by atoms with Crippen LogP contribution in [0.2, 0.25) is 0 Å². The van der Waals surface area contributed by atoms with Crippen molar-refractivity contribution in [3.8, 4) is 11.5 Å². The van der Waals surface area contributed by atoms with Gasteiger partial charge in [0.15, 0.2) is 0 Å². The van der Waals surface area contributed by atoms with Crippen LogP contribution in [0.5, 0.6) is 11.5 Å². The number of hydrogen-bond donors (Lipinski definition) is 1. The van der Waals surface area contributed by atoms with E-state index in [0.29, 0.717) is 13.2 Å². The summed E-state index contributed by atoms with van der Waals surface area (Å²) in [5.74, 6) is 1.94. The van der Waals surface area contributed by atoms with Crippen molar-refractivity contribution in [1.82, 2.24) is 0 Å². The van der Waals surface area contributed by atoms with Crippen molar-refractivity contribution in [2.24, 2.45) is 0 Å². The number of hydrogen-bond acceptors (Lipinski definition) is 3.